The number of carbonyl (C=O) groups excluding carboxylic acids is 1. The Labute approximate surface area is 119 Å². The summed E-state index contributed by atoms with van der Waals surface area (Å²) >= 11 is 0. The zero-order valence-electron chi connectivity index (χ0n) is 12.2. The molecule has 0 bridgehead atoms. The third-order valence-electron chi connectivity index (χ3n) is 4.59. The van der Waals surface area contributed by atoms with Gasteiger partial charge in [-0.15, -0.1) is 0 Å². The van der Waals surface area contributed by atoms with Crippen molar-refractivity contribution in [1.29, 1.82) is 0 Å². The third-order valence-corrected chi connectivity index (χ3v) is 4.59. The van der Waals surface area contributed by atoms with Crippen LogP contribution in [0.2, 0.25) is 0 Å². The topological polar surface area (TPSA) is 76.2 Å². The van der Waals surface area contributed by atoms with Crippen molar-refractivity contribution in [3.8, 4) is 0 Å². The first-order valence-electron chi connectivity index (χ1n) is 7.45. The Balaban J connectivity index is 1.80. The summed E-state index contributed by atoms with van der Waals surface area (Å²) in [6.07, 6.45) is 3.47. The maximum Gasteiger partial charge on any atom is 0.220 e. The Morgan fingerprint density at radius 2 is 2.25 bits per heavy atom. The average molecular weight is 277 g/mol. The van der Waals surface area contributed by atoms with E-state index in [2.05, 4.69) is 22.2 Å². The molecule has 0 aliphatic carbocycles. The van der Waals surface area contributed by atoms with E-state index in [1.807, 2.05) is 11.7 Å². The molecule has 0 aromatic carbocycles. The molecule has 1 aromatic heterocycles. The van der Waals surface area contributed by atoms with Gasteiger partial charge in [-0.1, -0.05) is 6.92 Å². The van der Waals surface area contributed by atoms with E-state index in [9.17, 15) is 4.79 Å². The van der Waals surface area contributed by atoms with Crippen molar-refractivity contribution >= 4 is 17.4 Å². The number of hydrogen-bond acceptors (Lipinski definition) is 4. The third kappa shape index (κ3) is 2.13. The molecule has 3 rings (SSSR count). The summed E-state index contributed by atoms with van der Waals surface area (Å²) in [4.78, 5) is 13.8. The van der Waals surface area contributed by atoms with Crippen LogP contribution in [-0.4, -0.2) is 34.8 Å². The minimum absolute atomic E-state index is 0.202. The Morgan fingerprint density at radius 1 is 1.45 bits per heavy atom. The Kier molecular flexibility index (Phi) is 3.31. The molecule has 3 heterocycles. The van der Waals surface area contributed by atoms with Crippen molar-refractivity contribution in [3.63, 3.8) is 0 Å². The monoisotopic (exact) mass is 277 g/mol. The van der Waals surface area contributed by atoms with Crippen LogP contribution in [0.15, 0.2) is 0 Å². The smallest absolute Gasteiger partial charge is 0.220 e. The molecule has 2 atom stereocenters. The lowest BCUT2D eigenvalue weighted by atomic mass is 9.85. The highest BCUT2D eigenvalue weighted by Gasteiger charge is 2.35. The number of nitrogens with two attached hydrogens (primary N) is 1. The summed E-state index contributed by atoms with van der Waals surface area (Å²) in [5, 5.41) is 7.62. The van der Waals surface area contributed by atoms with Gasteiger partial charge in [0.25, 0.3) is 0 Å². The van der Waals surface area contributed by atoms with Gasteiger partial charge in [0, 0.05) is 32.6 Å². The van der Waals surface area contributed by atoms with E-state index >= 15 is 0 Å². The van der Waals surface area contributed by atoms with Gasteiger partial charge in [-0.3, -0.25) is 9.48 Å². The largest absolute Gasteiger partial charge is 0.394 e. The first kappa shape index (κ1) is 13.3. The van der Waals surface area contributed by atoms with Crippen LogP contribution >= 0.6 is 0 Å². The Morgan fingerprint density at radius 3 is 2.95 bits per heavy atom. The van der Waals surface area contributed by atoms with Crippen molar-refractivity contribution in [3.05, 3.63) is 5.69 Å². The molecule has 1 aromatic rings. The lowest BCUT2D eigenvalue weighted by Crippen LogP contribution is -2.54. The van der Waals surface area contributed by atoms with E-state index in [0.29, 0.717) is 18.4 Å². The fourth-order valence-electron chi connectivity index (χ4n) is 3.52. The average Bonchev–Trinajstić information content (AvgIpc) is 2.73. The number of aromatic nitrogens is 2. The van der Waals surface area contributed by atoms with Crippen molar-refractivity contribution in [2.45, 2.75) is 38.6 Å². The number of fused-ring (bicyclic) bond motifs is 1. The number of amides is 1. The summed E-state index contributed by atoms with van der Waals surface area (Å²) in [5.41, 5.74) is 8.03. The van der Waals surface area contributed by atoms with Gasteiger partial charge in [-0.2, -0.15) is 5.10 Å². The van der Waals surface area contributed by atoms with Gasteiger partial charge in [0.2, 0.25) is 5.91 Å². The minimum atomic E-state index is 0.202. The lowest BCUT2D eigenvalue weighted by molar-refractivity contribution is -0.124. The fourth-order valence-corrected chi connectivity index (χ4v) is 3.52. The summed E-state index contributed by atoms with van der Waals surface area (Å²) in [6.45, 7) is 3.96. The van der Waals surface area contributed by atoms with Crippen molar-refractivity contribution in [2.75, 3.05) is 23.7 Å². The van der Waals surface area contributed by atoms with Gasteiger partial charge in [-0.05, 0) is 25.2 Å². The van der Waals surface area contributed by atoms with Crippen molar-refractivity contribution in [2.24, 2.45) is 13.0 Å². The number of carbonyl (C=O) groups is 1. The zero-order valence-corrected chi connectivity index (χ0v) is 12.2. The second-order valence-electron chi connectivity index (χ2n) is 5.87. The molecule has 2 aliphatic rings. The first-order valence-corrected chi connectivity index (χ1v) is 7.45. The first-order chi connectivity index (χ1) is 9.60. The molecule has 0 radical (unpaired) electrons. The predicted octanol–water partition coefficient (Wildman–Crippen LogP) is 0.670. The molecule has 2 saturated heterocycles. The van der Waals surface area contributed by atoms with Crippen molar-refractivity contribution < 1.29 is 4.79 Å². The van der Waals surface area contributed by atoms with Crippen LogP contribution < -0.4 is 16.0 Å². The zero-order chi connectivity index (χ0) is 14.3. The molecular formula is C14H23N5O. The maximum absolute atomic E-state index is 11.5. The molecule has 110 valence electrons. The highest BCUT2D eigenvalue weighted by molar-refractivity contribution is 5.77. The molecule has 2 fully saturated rings. The molecular weight excluding hydrogens is 254 g/mol. The fraction of sp³-hybridized carbons (Fsp3) is 0.714. The molecule has 1 amide bonds. The molecule has 6 heteroatoms. The minimum Gasteiger partial charge on any atom is -0.394 e. The Bertz CT molecular complexity index is 524. The molecule has 0 spiro atoms. The Hall–Kier alpha value is -1.72. The standard InChI is InChI=1S/C14H23N5O/c1-3-10-13(15)14(18(2)17-10)19-7-6-11-9(8-19)4-5-12(20)16-11/h9,11H,3-8,15H2,1-2H3,(H,16,20). The van der Waals surface area contributed by atoms with Gasteiger partial charge < -0.3 is 16.0 Å². The van der Waals surface area contributed by atoms with Gasteiger partial charge >= 0.3 is 0 Å². The highest BCUT2D eigenvalue weighted by Crippen LogP contribution is 2.32. The number of piperidine rings is 2. The van der Waals surface area contributed by atoms with Gasteiger partial charge in [0.15, 0.2) is 0 Å². The van der Waals surface area contributed by atoms with Gasteiger partial charge in [0.05, 0.1) is 11.4 Å². The molecule has 20 heavy (non-hydrogen) atoms. The second-order valence-corrected chi connectivity index (χ2v) is 5.87. The molecule has 6 nitrogen and oxygen atoms in total. The summed E-state index contributed by atoms with van der Waals surface area (Å²) in [7, 11) is 1.96. The number of nitrogens with one attached hydrogen (secondary N) is 1. The SMILES string of the molecule is CCc1nn(C)c(N2CCC3NC(=O)CCC3C2)c1N. The molecule has 2 unspecified atom stereocenters. The van der Waals surface area contributed by atoms with Crippen LogP contribution in [0.3, 0.4) is 0 Å². The van der Waals surface area contributed by atoms with Crippen LogP contribution in [0.5, 0.6) is 0 Å². The van der Waals surface area contributed by atoms with E-state index < -0.39 is 0 Å². The van der Waals surface area contributed by atoms with Crippen LogP contribution in [0.1, 0.15) is 31.9 Å². The lowest BCUT2D eigenvalue weighted by Gasteiger charge is -2.42. The molecule has 0 saturated carbocycles. The molecule has 2 aliphatic heterocycles. The number of anilines is 2. The predicted molar refractivity (Wildman–Crippen MR) is 78.5 cm³/mol. The van der Waals surface area contributed by atoms with E-state index in [-0.39, 0.29) is 5.91 Å². The number of hydrogen-bond donors (Lipinski definition) is 2. The number of nitrogens with zero attached hydrogens (tertiary/aromatic N) is 3. The normalized spacial score (nSPS) is 26.3. The number of nitrogen functional groups attached to an aromatic ring is 1. The van der Waals surface area contributed by atoms with E-state index in [0.717, 1.165) is 49.6 Å². The van der Waals surface area contributed by atoms with Gasteiger partial charge in [0.1, 0.15) is 5.82 Å². The highest BCUT2D eigenvalue weighted by atomic mass is 16.1. The van der Waals surface area contributed by atoms with Crippen molar-refractivity contribution in [1.82, 2.24) is 15.1 Å². The summed E-state index contributed by atoms with van der Waals surface area (Å²) in [5.74, 6) is 1.77. The number of aryl methyl sites for hydroxylation is 2. The van der Waals surface area contributed by atoms with Crippen LogP contribution in [0.25, 0.3) is 0 Å². The number of rotatable bonds is 2. The van der Waals surface area contributed by atoms with Crippen LogP contribution in [0.4, 0.5) is 11.5 Å². The maximum atomic E-state index is 11.5. The van der Waals surface area contributed by atoms with E-state index in [1.54, 1.807) is 0 Å². The summed E-state index contributed by atoms with van der Waals surface area (Å²) < 4.78 is 1.90. The molecule has 3 N–H and O–H groups in total. The van der Waals surface area contributed by atoms with Crippen LogP contribution in [0, 0.1) is 5.92 Å². The second kappa shape index (κ2) is 5.00. The summed E-state index contributed by atoms with van der Waals surface area (Å²) in [6, 6.07) is 0.340. The van der Waals surface area contributed by atoms with Gasteiger partial charge in [-0.25, -0.2) is 0 Å². The van der Waals surface area contributed by atoms with E-state index in [4.69, 9.17) is 5.73 Å². The van der Waals surface area contributed by atoms with Crippen LogP contribution in [-0.2, 0) is 18.3 Å². The van der Waals surface area contributed by atoms with E-state index in [1.165, 1.54) is 0 Å². The quantitative estimate of drug-likeness (QED) is 0.833.